The third kappa shape index (κ3) is 5.62. The van der Waals surface area contributed by atoms with Crippen LogP contribution in [0.3, 0.4) is 0 Å². The van der Waals surface area contributed by atoms with Crippen LogP contribution in [0.5, 0.6) is 0 Å². The van der Waals surface area contributed by atoms with Gasteiger partial charge < -0.3 is 31.1 Å². The first-order valence-corrected chi connectivity index (χ1v) is 16.1. The minimum absolute atomic E-state index is 0.0244. The molecule has 0 aromatic carbocycles. The number of carbonyl (C=O) groups is 4. The van der Waals surface area contributed by atoms with Gasteiger partial charge in [-0.3, -0.25) is 14.5 Å². The lowest BCUT2D eigenvalue weighted by Gasteiger charge is -2.49. The number of aliphatic carboxylic acids is 2. The minimum Gasteiger partial charge on any atom is -0.478 e. The number of fused-ring (bicyclic) bond motifs is 2. The number of aromatic nitrogens is 4. The number of nitrogen functional groups attached to an aromatic ring is 1. The maximum Gasteiger partial charge on any atom is 0.352 e. The number of anilines is 1. The van der Waals surface area contributed by atoms with Crippen LogP contribution in [0.25, 0.3) is 21.9 Å². The highest BCUT2D eigenvalue weighted by Crippen LogP contribution is 2.40. The Morgan fingerprint density at radius 3 is 2.71 bits per heavy atom. The van der Waals surface area contributed by atoms with E-state index in [1.807, 2.05) is 34.2 Å². The van der Waals surface area contributed by atoms with Gasteiger partial charge in [-0.05, 0) is 42.4 Å². The average molecular weight is 670 g/mol. The maximum atomic E-state index is 13.4. The summed E-state index contributed by atoms with van der Waals surface area (Å²) >= 11 is 3.87. The molecule has 6 N–H and O–H groups in total. The van der Waals surface area contributed by atoms with Gasteiger partial charge >= 0.3 is 17.6 Å². The zero-order valence-corrected chi connectivity index (χ0v) is 26.0. The second kappa shape index (κ2) is 11.6. The summed E-state index contributed by atoms with van der Waals surface area (Å²) in [5.74, 6) is -3.11. The highest BCUT2D eigenvalue weighted by atomic mass is 32.2. The number of thiazole rings is 1. The van der Waals surface area contributed by atoms with Gasteiger partial charge in [0.15, 0.2) is 10.8 Å². The molecule has 2 aliphatic heterocycles. The van der Waals surface area contributed by atoms with Crippen LogP contribution in [0.1, 0.15) is 19.5 Å². The normalized spacial score (nSPS) is 18.5. The molecule has 45 heavy (non-hydrogen) atoms. The van der Waals surface area contributed by atoms with E-state index in [-0.39, 0.29) is 34.5 Å². The molecule has 15 nitrogen and oxygen atoms in total. The van der Waals surface area contributed by atoms with Gasteiger partial charge in [-0.1, -0.05) is 11.2 Å². The van der Waals surface area contributed by atoms with Gasteiger partial charge in [-0.25, -0.2) is 19.1 Å². The number of hydrogen-bond acceptors (Lipinski definition) is 12. The molecule has 4 aromatic heterocycles. The standard InChI is InChI=1S/C27H24N8O7S3/c1-27(2,25(40)41)42-33-16(14-11-45-26(28)30-14)21(36)31-17-22(37)35-18(24(38)39)12(10-44-23(17)35)9-34-7-3-5-13-20(34)32-19(29-13)15-6-4-8-43-15/h3-8,11,17,23H,9-10H2,1-2H3,(H5,28,30,31,36,38,39,40,41)/p+1/t17?,23-/m0/s1. The first-order valence-electron chi connectivity index (χ1n) is 13.3. The van der Waals surface area contributed by atoms with Crippen LogP contribution < -0.4 is 15.6 Å². The molecule has 0 spiro atoms. The van der Waals surface area contributed by atoms with Gasteiger partial charge in [-0.2, -0.15) is 0 Å². The lowest BCUT2D eigenvalue weighted by atomic mass is 10.0. The fourth-order valence-corrected chi connectivity index (χ4v) is 7.26. The summed E-state index contributed by atoms with van der Waals surface area (Å²) in [5.41, 5.74) is 5.35. The summed E-state index contributed by atoms with van der Waals surface area (Å²) in [6.45, 7) is 2.67. The smallest absolute Gasteiger partial charge is 0.352 e. The van der Waals surface area contributed by atoms with E-state index in [1.165, 1.54) is 35.9 Å². The van der Waals surface area contributed by atoms with Crippen LogP contribution in [-0.2, 0) is 30.6 Å². The average Bonchev–Trinajstić information content (AvgIpc) is 3.77. The number of thioether (sulfide) groups is 1. The van der Waals surface area contributed by atoms with E-state index in [2.05, 4.69) is 20.4 Å². The zero-order valence-electron chi connectivity index (χ0n) is 23.6. The molecular weight excluding hydrogens is 645 g/mol. The largest absolute Gasteiger partial charge is 0.478 e. The van der Waals surface area contributed by atoms with Crippen LogP contribution >= 0.6 is 34.4 Å². The number of oxime groups is 1. The van der Waals surface area contributed by atoms with Crippen LogP contribution in [0.2, 0.25) is 0 Å². The summed E-state index contributed by atoms with van der Waals surface area (Å²) in [5, 5.41) is 28.7. The molecular formula is C27H25N8O7S3+. The van der Waals surface area contributed by atoms with Crippen molar-refractivity contribution >= 4 is 80.2 Å². The number of nitrogens with two attached hydrogens (primary N) is 1. The number of imidazole rings is 1. The molecule has 6 heterocycles. The topological polar surface area (TPSA) is 217 Å². The second-order valence-corrected chi connectivity index (χ2v) is 13.4. The summed E-state index contributed by atoms with van der Waals surface area (Å²) in [6, 6.07) is 6.51. The predicted molar refractivity (Wildman–Crippen MR) is 165 cm³/mol. The van der Waals surface area contributed by atoms with Gasteiger partial charge in [0.25, 0.3) is 17.6 Å². The van der Waals surface area contributed by atoms with E-state index in [0.29, 0.717) is 17.0 Å². The van der Waals surface area contributed by atoms with E-state index in [4.69, 9.17) is 15.6 Å². The lowest BCUT2D eigenvalue weighted by molar-refractivity contribution is -0.664. The van der Waals surface area contributed by atoms with Crippen molar-refractivity contribution in [2.24, 2.45) is 5.16 Å². The van der Waals surface area contributed by atoms with E-state index in [1.54, 1.807) is 17.5 Å². The molecule has 1 fully saturated rings. The van der Waals surface area contributed by atoms with Crippen LogP contribution in [0, 0.1) is 0 Å². The number of carboxylic acid groups (broad SMARTS) is 2. The molecule has 2 amide bonds. The van der Waals surface area contributed by atoms with Crippen molar-refractivity contribution in [2.75, 3.05) is 11.5 Å². The van der Waals surface area contributed by atoms with Crippen molar-refractivity contribution in [1.82, 2.24) is 25.2 Å². The molecule has 2 atom stereocenters. The number of nitrogens with one attached hydrogen (secondary N) is 2. The second-order valence-electron chi connectivity index (χ2n) is 10.5. The number of β-lactam (4-membered cyclic amide) rings is 1. The third-order valence-corrected chi connectivity index (χ3v) is 9.91. The van der Waals surface area contributed by atoms with Crippen LogP contribution in [-0.4, -0.2) is 82.3 Å². The number of hydrogen-bond donors (Lipinski definition) is 5. The van der Waals surface area contributed by atoms with E-state index >= 15 is 0 Å². The highest BCUT2D eigenvalue weighted by molar-refractivity contribution is 8.00. The zero-order chi connectivity index (χ0) is 32.0. The Bertz CT molecular complexity index is 1910. The predicted octanol–water partition coefficient (Wildman–Crippen LogP) is 1.64. The first-order chi connectivity index (χ1) is 21.4. The quantitative estimate of drug-likeness (QED) is 0.0708. The van der Waals surface area contributed by atoms with E-state index in [0.717, 1.165) is 21.7 Å². The maximum absolute atomic E-state index is 13.4. The molecule has 4 aromatic rings. The number of carboxylic acids is 2. The molecule has 232 valence electrons. The Labute approximate surface area is 266 Å². The monoisotopic (exact) mass is 669 g/mol. The molecule has 0 bridgehead atoms. The van der Waals surface area contributed by atoms with Gasteiger partial charge in [0.1, 0.15) is 34.9 Å². The number of thiophene rings is 1. The molecule has 1 saturated heterocycles. The summed E-state index contributed by atoms with van der Waals surface area (Å²) in [7, 11) is 0. The van der Waals surface area contributed by atoms with E-state index in [9.17, 15) is 29.4 Å². The van der Waals surface area contributed by atoms with Crippen molar-refractivity contribution < 1.29 is 38.8 Å². The lowest BCUT2D eigenvalue weighted by Crippen LogP contribution is -2.71. The Morgan fingerprint density at radius 2 is 2.04 bits per heavy atom. The van der Waals surface area contributed by atoms with Gasteiger partial charge in [0.2, 0.25) is 5.60 Å². The van der Waals surface area contributed by atoms with Crippen LogP contribution in [0.4, 0.5) is 5.13 Å². The number of amides is 2. The molecule has 0 aliphatic carbocycles. The molecule has 6 rings (SSSR count). The molecule has 0 radical (unpaired) electrons. The fourth-order valence-electron chi connectivity index (χ4n) is 4.70. The van der Waals surface area contributed by atoms with Crippen molar-refractivity contribution in [3.8, 4) is 10.7 Å². The summed E-state index contributed by atoms with van der Waals surface area (Å²) in [4.78, 5) is 70.0. The number of nitrogens with zero attached hydrogens (tertiary/aromatic N) is 5. The SMILES string of the molecule is CC(C)(ON=C(C(=O)NC1C(=O)N2C(C(=O)O)=C(C[n+]3cccc4[nH]c(-c5cccs5)nc43)CS[C@@H]12)c1csc(N)n1)C(=O)O. The number of aromatic amines is 1. The van der Waals surface area contributed by atoms with Crippen molar-refractivity contribution in [3.63, 3.8) is 0 Å². The molecule has 1 unspecified atom stereocenters. The Hall–Kier alpha value is -4.81. The summed E-state index contributed by atoms with van der Waals surface area (Å²) in [6.07, 6.45) is 1.80. The van der Waals surface area contributed by atoms with Gasteiger partial charge in [0.05, 0.1) is 11.1 Å². The highest BCUT2D eigenvalue weighted by Gasteiger charge is 2.54. The van der Waals surface area contributed by atoms with Gasteiger partial charge in [0, 0.05) is 16.7 Å². The number of carbonyl (C=O) groups excluding carboxylic acids is 2. The number of H-pyrrole nitrogens is 1. The Morgan fingerprint density at radius 1 is 1.24 bits per heavy atom. The molecule has 18 heteroatoms. The van der Waals surface area contributed by atoms with E-state index < -0.39 is 40.8 Å². The molecule has 0 saturated carbocycles. The number of rotatable bonds is 10. The first kappa shape index (κ1) is 30.2. The fraction of sp³-hybridized carbons (Fsp3) is 0.259. The number of pyridine rings is 1. The van der Waals surface area contributed by atoms with Crippen molar-refractivity contribution in [2.45, 2.75) is 37.4 Å². The Kier molecular flexibility index (Phi) is 7.79. The van der Waals surface area contributed by atoms with Gasteiger partial charge in [-0.15, -0.1) is 34.4 Å². The minimum atomic E-state index is -1.77. The third-order valence-electron chi connectivity index (χ3n) is 7.02. The Balaban J connectivity index is 1.24. The molecule has 2 aliphatic rings. The summed E-state index contributed by atoms with van der Waals surface area (Å²) < 4.78 is 1.83. The van der Waals surface area contributed by atoms with Crippen LogP contribution in [0.15, 0.2) is 57.6 Å². The van der Waals surface area contributed by atoms with Crippen molar-refractivity contribution in [3.05, 3.63) is 58.2 Å². The van der Waals surface area contributed by atoms with Crippen molar-refractivity contribution in [1.29, 1.82) is 0 Å².